The van der Waals surface area contributed by atoms with Crippen molar-refractivity contribution in [3.8, 4) is 0 Å². The molecule has 0 aliphatic rings. The van der Waals surface area contributed by atoms with E-state index in [1.165, 1.54) is 135 Å². The van der Waals surface area contributed by atoms with Crippen LogP contribution in [0.5, 0.6) is 0 Å². The number of nitrogens with two attached hydrogens (primary N) is 1. The van der Waals surface area contributed by atoms with Crippen LogP contribution in [0.3, 0.4) is 0 Å². The molecule has 2 atom stereocenters. The van der Waals surface area contributed by atoms with Crippen molar-refractivity contribution in [2.45, 2.75) is 290 Å². The van der Waals surface area contributed by atoms with E-state index in [1.807, 2.05) is 0 Å². The molecule has 2 unspecified atom stereocenters. The zero-order valence-corrected chi connectivity index (χ0v) is 52.9. The highest BCUT2D eigenvalue weighted by Gasteiger charge is 2.26. The molecule has 0 spiro atoms. The van der Waals surface area contributed by atoms with Gasteiger partial charge in [-0.3, -0.25) is 18.6 Å². The first-order valence-electron chi connectivity index (χ1n) is 33.0. The second-order valence-corrected chi connectivity index (χ2v) is 23.0. The molecule has 10 heteroatoms. The van der Waals surface area contributed by atoms with Gasteiger partial charge >= 0.3 is 19.8 Å². The Balaban J connectivity index is 3.90. The summed E-state index contributed by atoms with van der Waals surface area (Å²) in [5.41, 5.74) is 5.40. The van der Waals surface area contributed by atoms with Crippen molar-refractivity contribution in [1.29, 1.82) is 0 Å². The van der Waals surface area contributed by atoms with Gasteiger partial charge in [-0.25, -0.2) is 4.57 Å². The first kappa shape index (κ1) is 77.4. The van der Waals surface area contributed by atoms with Crippen LogP contribution < -0.4 is 5.73 Å². The summed E-state index contributed by atoms with van der Waals surface area (Å²) in [6, 6.07) is 0. The summed E-state index contributed by atoms with van der Waals surface area (Å²) in [5, 5.41) is 0. The Morgan fingerprint density at radius 2 is 0.642 bits per heavy atom. The van der Waals surface area contributed by atoms with Crippen LogP contribution in [0.1, 0.15) is 284 Å². The minimum Gasteiger partial charge on any atom is -0.462 e. The molecule has 0 aromatic carbocycles. The molecule has 0 bridgehead atoms. The maximum absolute atomic E-state index is 12.8. The first-order valence-corrected chi connectivity index (χ1v) is 34.5. The molecule has 9 nitrogen and oxygen atoms in total. The van der Waals surface area contributed by atoms with Crippen molar-refractivity contribution < 1.29 is 37.6 Å². The lowest BCUT2D eigenvalue weighted by Crippen LogP contribution is -2.29. The zero-order valence-electron chi connectivity index (χ0n) is 52.0. The van der Waals surface area contributed by atoms with Gasteiger partial charge in [-0.1, -0.05) is 289 Å². The number of allylic oxidation sites excluding steroid dienone is 20. The normalized spacial score (nSPS) is 13.8. The Kier molecular flexibility index (Phi) is 62.7. The molecule has 0 fully saturated rings. The molecular weight excluding hydrogens is 1030 g/mol. The molecule has 0 rings (SSSR count). The van der Waals surface area contributed by atoms with Gasteiger partial charge in [-0.15, -0.1) is 0 Å². The predicted molar refractivity (Wildman–Crippen MR) is 348 cm³/mol. The van der Waals surface area contributed by atoms with E-state index in [4.69, 9.17) is 24.3 Å². The summed E-state index contributed by atoms with van der Waals surface area (Å²) < 4.78 is 33.1. The van der Waals surface area contributed by atoms with Crippen molar-refractivity contribution in [3.63, 3.8) is 0 Å². The van der Waals surface area contributed by atoms with Crippen LogP contribution in [0.15, 0.2) is 122 Å². The highest BCUT2D eigenvalue weighted by molar-refractivity contribution is 7.47. The van der Waals surface area contributed by atoms with Gasteiger partial charge in [0.25, 0.3) is 0 Å². The number of esters is 2. The van der Waals surface area contributed by atoms with Crippen LogP contribution >= 0.6 is 7.82 Å². The lowest BCUT2D eigenvalue weighted by atomic mass is 10.0. The third kappa shape index (κ3) is 65.4. The maximum atomic E-state index is 12.8. The third-order valence-electron chi connectivity index (χ3n) is 13.8. The molecule has 0 radical (unpaired) electrons. The molecule has 3 N–H and O–H groups in total. The van der Waals surface area contributed by atoms with Crippen LogP contribution in [-0.2, 0) is 32.7 Å². The zero-order chi connectivity index (χ0) is 58.7. The largest absolute Gasteiger partial charge is 0.472 e. The standard InChI is InChI=1S/C71H122NO8P/c1-3-5-7-9-11-13-15-17-19-21-23-25-27-29-30-31-32-33-34-35-36-37-38-40-42-44-46-48-50-52-54-56-58-60-62-64-71(74)80-69(68-79-81(75,76)78-66-65-72)67-77-70(73)63-61-59-57-55-53-51-49-47-45-43-41-39-28-26-24-22-20-18-16-14-12-10-8-6-4-2/h5-8,11-14,17-20,23-26,29-30,39,41,69H,3-4,9-10,15-16,21-22,27-28,31-38,40,42-68,72H2,1-2H3,(H,75,76)/b7-5-,8-6-,13-11-,14-12-,19-17-,20-18-,25-23-,26-24-,30-29-,41-39-. The van der Waals surface area contributed by atoms with Crippen molar-refractivity contribution in [2.75, 3.05) is 26.4 Å². The molecule has 464 valence electrons. The van der Waals surface area contributed by atoms with Gasteiger partial charge in [-0.05, 0) is 103 Å². The maximum Gasteiger partial charge on any atom is 0.472 e. The van der Waals surface area contributed by atoms with Crippen LogP contribution in [0.2, 0.25) is 0 Å². The molecule has 0 heterocycles. The average Bonchev–Trinajstić information content (AvgIpc) is 3.46. The van der Waals surface area contributed by atoms with Gasteiger partial charge in [0.15, 0.2) is 6.10 Å². The van der Waals surface area contributed by atoms with Gasteiger partial charge in [0, 0.05) is 19.4 Å². The molecule has 0 saturated carbocycles. The fraction of sp³-hybridized carbons (Fsp3) is 0.690. The first-order chi connectivity index (χ1) is 39.8. The minimum absolute atomic E-state index is 0.0486. The second kappa shape index (κ2) is 65.6. The minimum atomic E-state index is -4.40. The van der Waals surface area contributed by atoms with E-state index in [0.29, 0.717) is 6.42 Å². The quantitative estimate of drug-likeness (QED) is 0.0264. The Bertz CT molecular complexity index is 1740. The molecule has 81 heavy (non-hydrogen) atoms. The summed E-state index contributed by atoms with van der Waals surface area (Å²) in [6.07, 6.45) is 91.3. The summed E-state index contributed by atoms with van der Waals surface area (Å²) >= 11 is 0. The molecule has 0 aromatic heterocycles. The van der Waals surface area contributed by atoms with E-state index in [2.05, 4.69) is 135 Å². The highest BCUT2D eigenvalue weighted by atomic mass is 31.2. The van der Waals surface area contributed by atoms with Crippen LogP contribution in [0.4, 0.5) is 0 Å². The number of phosphoric acid groups is 1. The van der Waals surface area contributed by atoms with Crippen LogP contribution in [0.25, 0.3) is 0 Å². The Morgan fingerprint density at radius 3 is 0.951 bits per heavy atom. The summed E-state index contributed by atoms with van der Waals surface area (Å²) in [7, 11) is -4.40. The number of carbonyl (C=O) groups excluding carboxylic acids is 2. The lowest BCUT2D eigenvalue weighted by Gasteiger charge is -2.19. The molecule has 0 aliphatic heterocycles. The Labute approximate surface area is 498 Å². The van der Waals surface area contributed by atoms with Gasteiger partial charge in [0.05, 0.1) is 13.2 Å². The van der Waals surface area contributed by atoms with E-state index in [0.717, 1.165) is 116 Å². The third-order valence-corrected chi connectivity index (χ3v) is 14.8. The van der Waals surface area contributed by atoms with E-state index in [9.17, 15) is 19.0 Å². The average molecular weight is 1150 g/mol. The number of unbranched alkanes of at least 4 members (excludes halogenated alkanes) is 28. The van der Waals surface area contributed by atoms with Crippen molar-refractivity contribution >= 4 is 19.8 Å². The molecule has 0 amide bonds. The molecule has 0 aliphatic carbocycles. The van der Waals surface area contributed by atoms with Gasteiger partial charge in [-0.2, -0.15) is 0 Å². The van der Waals surface area contributed by atoms with Crippen LogP contribution in [0, 0.1) is 0 Å². The number of hydrogen-bond acceptors (Lipinski definition) is 8. The SMILES string of the molecule is CC/C=C\C/C=C\C/C=C\C/C=C\C/C=C\CCCCCCCCCCCCCCCCCCCCCC(=O)OC(COC(=O)CCCCCCCCCCC/C=C\C/C=C\C/C=C\C/C=C\C/C=C\CC)COP(=O)(O)OCCN. The number of rotatable bonds is 61. The van der Waals surface area contributed by atoms with E-state index in [-0.39, 0.29) is 38.6 Å². The lowest BCUT2D eigenvalue weighted by molar-refractivity contribution is -0.161. The van der Waals surface area contributed by atoms with Crippen molar-refractivity contribution in [2.24, 2.45) is 5.73 Å². The highest BCUT2D eigenvalue weighted by Crippen LogP contribution is 2.43. The van der Waals surface area contributed by atoms with Gasteiger partial charge in [0.1, 0.15) is 6.61 Å². The van der Waals surface area contributed by atoms with Crippen LogP contribution in [-0.4, -0.2) is 49.3 Å². The van der Waals surface area contributed by atoms with Crippen molar-refractivity contribution in [3.05, 3.63) is 122 Å². The number of ether oxygens (including phenoxy) is 2. The predicted octanol–water partition coefficient (Wildman–Crippen LogP) is 21.5. The second-order valence-electron chi connectivity index (χ2n) is 21.6. The van der Waals surface area contributed by atoms with E-state index < -0.39 is 26.5 Å². The Morgan fingerprint density at radius 1 is 0.370 bits per heavy atom. The fourth-order valence-electron chi connectivity index (χ4n) is 9.04. The number of phosphoric ester groups is 1. The van der Waals surface area contributed by atoms with E-state index >= 15 is 0 Å². The smallest absolute Gasteiger partial charge is 0.462 e. The summed E-state index contributed by atoms with van der Waals surface area (Å²) in [4.78, 5) is 35.3. The van der Waals surface area contributed by atoms with E-state index in [1.54, 1.807) is 0 Å². The summed E-state index contributed by atoms with van der Waals surface area (Å²) in [6.45, 7) is 3.53. The summed E-state index contributed by atoms with van der Waals surface area (Å²) in [5.74, 6) is -0.831. The van der Waals surface area contributed by atoms with Gasteiger partial charge in [0.2, 0.25) is 0 Å². The topological polar surface area (TPSA) is 134 Å². The number of hydrogen-bond donors (Lipinski definition) is 2. The monoisotopic (exact) mass is 1150 g/mol. The molecule has 0 saturated heterocycles. The number of carbonyl (C=O) groups is 2. The van der Waals surface area contributed by atoms with Crippen molar-refractivity contribution in [1.82, 2.24) is 0 Å². The van der Waals surface area contributed by atoms with Gasteiger partial charge < -0.3 is 20.1 Å². The Hall–Kier alpha value is -3.59. The molecular formula is C71H122NO8P. The fourth-order valence-corrected chi connectivity index (χ4v) is 9.81. The molecule has 0 aromatic rings.